The van der Waals surface area contributed by atoms with Gasteiger partial charge in [0, 0.05) is 18.6 Å². The summed E-state index contributed by atoms with van der Waals surface area (Å²) in [6, 6.07) is -0.199. The van der Waals surface area contributed by atoms with Gasteiger partial charge in [-0.25, -0.2) is 4.90 Å². The smallest absolute Gasteiger partial charge is 0.313 e. The van der Waals surface area contributed by atoms with Gasteiger partial charge in [-0.1, -0.05) is 0 Å². The number of rotatable bonds is 3. The first-order valence-corrected chi connectivity index (χ1v) is 5.14. The Bertz CT molecular complexity index is 195. The van der Waals surface area contributed by atoms with E-state index in [-0.39, 0.29) is 18.6 Å². The number of halogens is 3. The van der Waals surface area contributed by atoms with Crippen molar-refractivity contribution in [2.45, 2.75) is 44.1 Å². The number of hydrogen-bond acceptors (Lipinski definition) is 2. The standard InChI is InChI=1S/C9H15F3N2/c10-9(11,12)14(8-3-4-8)6-7-2-1-5-13-7/h7-8,13H,1-6H2/t7-/m1/s1. The summed E-state index contributed by atoms with van der Waals surface area (Å²) >= 11 is 0. The zero-order valence-corrected chi connectivity index (χ0v) is 7.98. The van der Waals surface area contributed by atoms with E-state index >= 15 is 0 Å². The van der Waals surface area contributed by atoms with Crippen LogP contribution in [0.4, 0.5) is 13.2 Å². The zero-order chi connectivity index (χ0) is 10.2. The van der Waals surface area contributed by atoms with Crippen molar-refractivity contribution < 1.29 is 13.2 Å². The van der Waals surface area contributed by atoms with Crippen LogP contribution in [0.5, 0.6) is 0 Å². The van der Waals surface area contributed by atoms with E-state index in [1.807, 2.05) is 0 Å². The topological polar surface area (TPSA) is 15.3 Å². The maximum atomic E-state index is 12.6. The minimum atomic E-state index is -4.15. The number of alkyl halides is 3. The Hall–Kier alpha value is -0.290. The molecule has 0 unspecified atom stereocenters. The third-order valence-corrected chi connectivity index (χ3v) is 2.89. The van der Waals surface area contributed by atoms with Crippen LogP contribution in [0.15, 0.2) is 0 Å². The van der Waals surface area contributed by atoms with Gasteiger partial charge in [0.25, 0.3) is 0 Å². The number of nitrogens with zero attached hydrogens (tertiary/aromatic N) is 1. The molecule has 2 aliphatic rings. The lowest BCUT2D eigenvalue weighted by Gasteiger charge is -2.27. The minimum Gasteiger partial charge on any atom is -0.313 e. The molecule has 0 amide bonds. The van der Waals surface area contributed by atoms with Crippen LogP contribution in [0, 0.1) is 0 Å². The molecule has 0 radical (unpaired) electrons. The van der Waals surface area contributed by atoms with Crippen LogP contribution in [0.3, 0.4) is 0 Å². The van der Waals surface area contributed by atoms with E-state index in [1.54, 1.807) is 0 Å². The van der Waals surface area contributed by atoms with Crippen LogP contribution in [-0.2, 0) is 0 Å². The molecule has 1 atom stereocenters. The normalized spacial score (nSPS) is 28.7. The Kier molecular flexibility index (Phi) is 2.70. The highest BCUT2D eigenvalue weighted by Gasteiger charge is 2.46. The second-order valence-electron chi connectivity index (χ2n) is 4.14. The van der Waals surface area contributed by atoms with Crippen molar-refractivity contribution in [2.24, 2.45) is 0 Å². The Morgan fingerprint density at radius 3 is 2.36 bits per heavy atom. The van der Waals surface area contributed by atoms with Crippen molar-refractivity contribution in [3.05, 3.63) is 0 Å². The van der Waals surface area contributed by atoms with Gasteiger partial charge < -0.3 is 5.32 Å². The molecule has 0 spiro atoms. The van der Waals surface area contributed by atoms with E-state index in [1.165, 1.54) is 0 Å². The fourth-order valence-electron chi connectivity index (χ4n) is 2.00. The van der Waals surface area contributed by atoms with Gasteiger partial charge in [-0.3, -0.25) is 0 Å². The van der Waals surface area contributed by atoms with Gasteiger partial charge in [0.05, 0.1) is 0 Å². The number of hydrogen-bond donors (Lipinski definition) is 1. The van der Waals surface area contributed by atoms with E-state index in [0.29, 0.717) is 17.7 Å². The molecule has 0 aromatic carbocycles. The minimum absolute atomic E-state index is 0.0391. The van der Waals surface area contributed by atoms with E-state index in [9.17, 15) is 13.2 Å². The molecule has 2 fully saturated rings. The third-order valence-electron chi connectivity index (χ3n) is 2.89. The summed E-state index contributed by atoms with van der Waals surface area (Å²) in [6.07, 6.45) is -0.871. The van der Waals surface area contributed by atoms with E-state index in [0.717, 1.165) is 19.4 Å². The van der Waals surface area contributed by atoms with Crippen LogP contribution in [0.25, 0.3) is 0 Å². The highest BCUT2D eigenvalue weighted by atomic mass is 19.4. The van der Waals surface area contributed by atoms with Crippen molar-refractivity contribution >= 4 is 0 Å². The highest BCUT2D eigenvalue weighted by Crippen LogP contribution is 2.35. The Balaban J connectivity index is 1.90. The van der Waals surface area contributed by atoms with Gasteiger partial charge in [0.1, 0.15) is 0 Å². The van der Waals surface area contributed by atoms with Crippen molar-refractivity contribution in [1.82, 2.24) is 10.2 Å². The van der Waals surface area contributed by atoms with Gasteiger partial charge >= 0.3 is 6.30 Å². The molecule has 1 N–H and O–H groups in total. The van der Waals surface area contributed by atoms with Gasteiger partial charge in [0.15, 0.2) is 0 Å². The van der Waals surface area contributed by atoms with Crippen LogP contribution >= 0.6 is 0 Å². The van der Waals surface area contributed by atoms with Gasteiger partial charge in [-0.15, -0.1) is 0 Å². The third kappa shape index (κ3) is 2.39. The summed E-state index contributed by atoms with van der Waals surface area (Å²) in [5, 5.41) is 3.10. The molecule has 1 saturated carbocycles. The highest BCUT2D eigenvalue weighted by molar-refractivity contribution is 4.89. The van der Waals surface area contributed by atoms with Gasteiger partial charge in [0.2, 0.25) is 0 Å². The van der Waals surface area contributed by atoms with Crippen molar-refractivity contribution in [1.29, 1.82) is 0 Å². The van der Waals surface area contributed by atoms with Crippen LogP contribution < -0.4 is 5.32 Å². The second kappa shape index (κ2) is 3.70. The SMILES string of the molecule is FC(F)(F)N(C[C@H]1CCCN1)C1CC1. The predicted octanol–water partition coefficient (Wildman–Crippen LogP) is 1.72. The summed E-state index contributed by atoms with van der Waals surface area (Å²) in [4.78, 5) is 0.704. The van der Waals surface area contributed by atoms with E-state index in [4.69, 9.17) is 0 Å². The van der Waals surface area contributed by atoms with E-state index < -0.39 is 6.30 Å². The largest absolute Gasteiger partial charge is 0.460 e. The molecule has 14 heavy (non-hydrogen) atoms. The molecule has 0 bridgehead atoms. The Morgan fingerprint density at radius 2 is 1.93 bits per heavy atom. The maximum absolute atomic E-state index is 12.6. The molecule has 0 aromatic rings. The molecule has 2 rings (SSSR count). The zero-order valence-electron chi connectivity index (χ0n) is 7.98. The lowest BCUT2D eigenvalue weighted by atomic mass is 10.2. The van der Waals surface area contributed by atoms with Crippen LogP contribution in [0.1, 0.15) is 25.7 Å². The van der Waals surface area contributed by atoms with Crippen molar-refractivity contribution in [3.63, 3.8) is 0 Å². The fourth-order valence-corrected chi connectivity index (χ4v) is 2.00. The molecular weight excluding hydrogens is 193 g/mol. The first-order chi connectivity index (χ1) is 6.57. The monoisotopic (exact) mass is 208 g/mol. The summed E-state index contributed by atoms with van der Waals surface area (Å²) < 4.78 is 37.7. The van der Waals surface area contributed by atoms with Crippen LogP contribution in [0.2, 0.25) is 0 Å². The fraction of sp³-hybridized carbons (Fsp3) is 1.00. The lowest BCUT2D eigenvalue weighted by molar-refractivity contribution is -0.250. The first kappa shape index (κ1) is 10.2. The molecule has 5 heteroatoms. The second-order valence-corrected chi connectivity index (χ2v) is 4.14. The Labute approximate surface area is 81.5 Å². The molecule has 2 nitrogen and oxygen atoms in total. The summed E-state index contributed by atoms with van der Waals surface area (Å²) in [5.41, 5.74) is 0. The maximum Gasteiger partial charge on any atom is 0.460 e. The summed E-state index contributed by atoms with van der Waals surface area (Å²) in [6.45, 7) is 0.995. The lowest BCUT2D eigenvalue weighted by Crippen LogP contribution is -2.46. The van der Waals surface area contributed by atoms with Crippen LogP contribution in [-0.4, -0.2) is 36.4 Å². The molecular formula is C9H15F3N2. The molecule has 1 aliphatic carbocycles. The van der Waals surface area contributed by atoms with E-state index in [2.05, 4.69) is 5.32 Å². The average molecular weight is 208 g/mol. The average Bonchev–Trinajstić information content (AvgIpc) is 2.77. The summed E-state index contributed by atoms with van der Waals surface area (Å²) in [5.74, 6) is 0. The van der Waals surface area contributed by atoms with Gasteiger partial charge in [-0.05, 0) is 32.2 Å². The molecule has 1 saturated heterocycles. The number of nitrogens with one attached hydrogen (secondary N) is 1. The molecule has 82 valence electrons. The first-order valence-electron chi connectivity index (χ1n) is 5.14. The molecule has 0 aromatic heterocycles. The molecule has 1 aliphatic heterocycles. The van der Waals surface area contributed by atoms with Crippen molar-refractivity contribution in [3.8, 4) is 0 Å². The summed E-state index contributed by atoms with van der Waals surface area (Å²) in [7, 11) is 0. The quantitative estimate of drug-likeness (QED) is 0.710. The molecule has 1 heterocycles. The van der Waals surface area contributed by atoms with Crippen molar-refractivity contribution in [2.75, 3.05) is 13.1 Å². The Morgan fingerprint density at radius 1 is 1.21 bits per heavy atom. The predicted molar refractivity (Wildman–Crippen MR) is 46.8 cm³/mol. The van der Waals surface area contributed by atoms with Gasteiger partial charge in [-0.2, -0.15) is 13.2 Å².